The largest absolute Gasteiger partial charge is 0.303 e. The van der Waals surface area contributed by atoms with Crippen LogP contribution in [0.3, 0.4) is 0 Å². The van der Waals surface area contributed by atoms with Crippen LogP contribution in [0.15, 0.2) is 12.7 Å². The summed E-state index contributed by atoms with van der Waals surface area (Å²) in [5.41, 5.74) is 0.533. The van der Waals surface area contributed by atoms with Crippen molar-refractivity contribution in [1.29, 1.82) is 0 Å². The second-order valence-corrected chi connectivity index (χ2v) is 5.42. The zero-order valence-corrected chi connectivity index (χ0v) is 11.2. The Balaban J connectivity index is 3.59. The van der Waals surface area contributed by atoms with E-state index in [1.165, 1.54) is 38.6 Å². The van der Waals surface area contributed by atoms with Crippen molar-refractivity contribution in [2.24, 2.45) is 5.41 Å². The number of likely N-dealkylation sites (N-methyl/N-ethyl adjacent to an activating group) is 1. The Morgan fingerprint density at radius 2 is 1.80 bits per heavy atom. The van der Waals surface area contributed by atoms with Gasteiger partial charge in [-0.25, -0.2) is 0 Å². The van der Waals surface area contributed by atoms with Gasteiger partial charge >= 0.3 is 0 Å². The van der Waals surface area contributed by atoms with Crippen LogP contribution in [-0.4, -0.2) is 25.0 Å². The number of nitrogens with zero attached hydrogens (tertiary/aromatic N) is 1. The lowest BCUT2D eigenvalue weighted by molar-refractivity contribution is 0.263. The van der Waals surface area contributed by atoms with Crippen LogP contribution in [0.25, 0.3) is 0 Å². The second-order valence-electron chi connectivity index (χ2n) is 5.42. The summed E-state index contributed by atoms with van der Waals surface area (Å²) >= 11 is 0. The Kier molecular flexibility index (Phi) is 7.76. The fraction of sp³-hybridized carbons (Fsp3) is 0.857. The quantitative estimate of drug-likeness (QED) is 0.519. The summed E-state index contributed by atoms with van der Waals surface area (Å²) in [4.78, 5) is 2.34. The van der Waals surface area contributed by atoms with Gasteiger partial charge in [-0.15, -0.1) is 6.58 Å². The molecule has 0 aromatic carbocycles. The van der Waals surface area contributed by atoms with E-state index in [-0.39, 0.29) is 0 Å². The molecule has 15 heavy (non-hydrogen) atoms. The maximum atomic E-state index is 3.76. The SMILES string of the molecule is C=CCN(C)CCCC(C)(C)CCCC. The molecule has 0 spiro atoms. The third-order valence-electron chi connectivity index (χ3n) is 3.04. The number of unbranched alkanes of at least 4 members (excludes halogenated alkanes) is 1. The molecule has 0 aromatic heterocycles. The van der Waals surface area contributed by atoms with Crippen molar-refractivity contribution >= 4 is 0 Å². The van der Waals surface area contributed by atoms with Gasteiger partial charge in [-0.2, -0.15) is 0 Å². The lowest BCUT2D eigenvalue weighted by atomic mass is 9.83. The predicted molar refractivity (Wildman–Crippen MR) is 70.2 cm³/mol. The highest BCUT2D eigenvalue weighted by Crippen LogP contribution is 2.28. The molecule has 90 valence electrons. The van der Waals surface area contributed by atoms with Crippen LogP contribution in [0.5, 0.6) is 0 Å². The van der Waals surface area contributed by atoms with Crippen molar-refractivity contribution in [3.05, 3.63) is 12.7 Å². The lowest BCUT2D eigenvalue weighted by Gasteiger charge is -2.25. The summed E-state index contributed by atoms with van der Waals surface area (Å²) in [6.45, 7) is 13.0. The second kappa shape index (κ2) is 7.92. The summed E-state index contributed by atoms with van der Waals surface area (Å²) in [6.07, 6.45) is 8.68. The third-order valence-corrected chi connectivity index (χ3v) is 3.04. The van der Waals surface area contributed by atoms with Gasteiger partial charge in [-0.1, -0.05) is 39.7 Å². The van der Waals surface area contributed by atoms with Crippen LogP contribution in [-0.2, 0) is 0 Å². The first-order chi connectivity index (χ1) is 7.02. The van der Waals surface area contributed by atoms with E-state index in [0.717, 1.165) is 6.54 Å². The van der Waals surface area contributed by atoms with Gasteiger partial charge < -0.3 is 4.90 Å². The average Bonchev–Trinajstić information content (AvgIpc) is 2.15. The van der Waals surface area contributed by atoms with E-state index in [9.17, 15) is 0 Å². The molecule has 0 aliphatic rings. The molecule has 0 atom stereocenters. The first-order valence-corrected chi connectivity index (χ1v) is 6.31. The number of hydrogen-bond donors (Lipinski definition) is 0. The molecule has 0 aromatic rings. The molecule has 0 rings (SSSR count). The summed E-state index contributed by atoms with van der Waals surface area (Å²) in [7, 11) is 2.17. The van der Waals surface area contributed by atoms with Crippen LogP contribution < -0.4 is 0 Å². The minimum atomic E-state index is 0.533. The van der Waals surface area contributed by atoms with E-state index in [4.69, 9.17) is 0 Å². The van der Waals surface area contributed by atoms with Crippen molar-refractivity contribution in [3.63, 3.8) is 0 Å². The molecule has 0 amide bonds. The molecule has 0 unspecified atom stereocenters. The normalized spacial score (nSPS) is 12.1. The molecule has 0 N–H and O–H groups in total. The van der Waals surface area contributed by atoms with E-state index in [2.05, 4.69) is 39.3 Å². The van der Waals surface area contributed by atoms with Crippen molar-refractivity contribution in [2.75, 3.05) is 20.1 Å². The summed E-state index contributed by atoms with van der Waals surface area (Å²) in [5, 5.41) is 0. The molecular weight excluding hydrogens is 182 g/mol. The van der Waals surface area contributed by atoms with Gasteiger partial charge in [0.1, 0.15) is 0 Å². The van der Waals surface area contributed by atoms with Crippen LogP contribution in [0, 0.1) is 5.41 Å². The van der Waals surface area contributed by atoms with E-state index in [1.54, 1.807) is 0 Å². The Labute approximate surface area is 96.6 Å². The Morgan fingerprint density at radius 3 is 2.33 bits per heavy atom. The fourth-order valence-electron chi connectivity index (χ4n) is 1.92. The van der Waals surface area contributed by atoms with Gasteiger partial charge in [0.05, 0.1) is 0 Å². The maximum absolute atomic E-state index is 3.76. The van der Waals surface area contributed by atoms with Crippen molar-refractivity contribution in [1.82, 2.24) is 4.90 Å². The molecule has 0 bridgehead atoms. The highest BCUT2D eigenvalue weighted by molar-refractivity contribution is 4.73. The molecule has 0 aliphatic carbocycles. The van der Waals surface area contributed by atoms with E-state index < -0.39 is 0 Å². The zero-order chi connectivity index (χ0) is 11.7. The molecule has 0 aliphatic heterocycles. The highest BCUT2D eigenvalue weighted by Gasteiger charge is 2.16. The van der Waals surface area contributed by atoms with Crippen LogP contribution in [0.4, 0.5) is 0 Å². The molecule has 1 nitrogen and oxygen atoms in total. The first kappa shape index (κ1) is 14.7. The Hall–Kier alpha value is -0.300. The third kappa shape index (κ3) is 8.68. The average molecular weight is 211 g/mol. The number of hydrogen-bond acceptors (Lipinski definition) is 1. The van der Waals surface area contributed by atoms with Gasteiger partial charge in [0.15, 0.2) is 0 Å². The zero-order valence-electron chi connectivity index (χ0n) is 11.2. The highest BCUT2D eigenvalue weighted by atomic mass is 15.1. The van der Waals surface area contributed by atoms with Gasteiger partial charge in [0.2, 0.25) is 0 Å². The smallest absolute Gasteiger partial charge is 0.0157 e. The molecule has 0 saturated carbocycles. The minimum absolute atomic E-state index is 0.533. The molecular formula is C14H29N. The van der Waals surface area contributed by atoms with Gasteiger partial charge in [-0.3, -0.25) is 0 Å². The summed E-state index contributed by atoms with van der Waals surface area (Å²) < 4.78 is 0. The molecule has 0 radical (unpaired) electrons. The first-order valence-electron chi connectivity index (χ1n) is 6.31. The topological polar surface area (TPSA) is 3.24 Å². The fourth-order valence-corrected chi connectivity index (χ4v) is 1.92. The van der Waals surface area contributed by atoms with Crippen LogP contribution in [0.2, 0.25) is 0 Å². The maximum Gasteiger partial charge on any atom is 0.0157 e. The lowest BCUT2D eigenvalue weighted by Crippen LogP contribution is -2.21. The van der Waals surface area contributed by atoms with E-state index in [1.807, 2.05) is 6.08 Å². The summed E-state index contributed by atoms with van der Waals surface area (Å²) in [6, 6.07) is 0. The summed E-state index contributed by atoms with van der Waals surface area (Å²) in [5.74, 6) is 0. The molecule has 0 fully saturated rings. The Morgan fingerprint density at radius 1 is 1.20 bits per heavy atom. The van der Waals surface area contributed by atoms with Gasteiger partial charge in [0.25, 0.3) is 0 Å². The van der Waals surface area contributed by atoms with Gasteiger partial charge in [0, 0.05) is 6.54 Å². The molecule has 0 heterocycles. The van der Waals surface area contributed by atoms with Crippen molar-refractivity contribution in [3.8, 4) is 0 Å². The van der Waals surface area contributed by atoms with Crippen LogP contribution in [0.1, 0.15) is 52.9 Å². The standard InChI is InChI=1S/C14H29N/c1-6-8-10-14(3,4)11-9-13-15(5)12-7-2/h7H,2,6,8-13H2,1,3-5H3. The monoisotopic (exact) mass is 211 g/mol. The molecule has 0 saturated heterocycles. The van der Waals surface area contributed by atoms with Crippen molar-refractivity contribution in [2.45, 2.75) is 52.9 Å². The predicted octanol–water partition coefficient (Wildman–Crippen LogP) is 4.10. The van der Waals surface area contributed by atoms with Gasteiger partial charge in [-0.05, 0) is 38.3 Å². The molecule has 1 heteroatoms. The number of rotatable bonds is 9. The Bertz CT molecular complexity index is 161. The van der Waals surface area contributed by atoms with Crippen molar-refractivity contribution < 1.29 is 0 Å². The van der Waals surface area contributed by atoms with E-state index in [0.29, 0.717) is 5.41 Å². The minimum Gasteiger partial charge on any atom is -0.303 e. The van der Waals surface area contributed by atoms with Crippen LogP contribution >= 0.6 is 0 Å². The van der Waals surface area contributed by atoms with E-state index >= 15 is 0 Å².